The number of carboxylic acids is 1. The summed E-state index contributed by atoms with van der Waals surface area (Å²) in [6.45, 7) is 2.65. The molecule has 0 bridgehead atoms. The summed E-state index contributed by atoms with van der Waals surface area (Å²) in [6, 6.07) is 0. The van der Waals surface area contributed by atoms with Gasteiger partial charge in [-0.3, -0.25) is 4.79 Å². The van der Waals surface area contributed by atoms with E-state index in [1.54, 1.807) is 0 Å². The van der Waals surface area contributed by atoms with Crippen LogP contribution in [0.3, 0.4) is 0 Å². The van der Waals surface area contributed by atoms with Crippen molar-refractivity contribution in [3.8, 4) is 0 Å². The van der Waals surface area contributed by atoms with E-state index in [0.29, 0.717) is 6.42 Å². The molecular weight excluding hydrogens is 202 g/mol. The Morgan fingerprint density at radius 3 is 2.86 bits per heavy atom. The third-order valence-electron chi connectivity index (χ3n) is 1.62. The fraction of sp³-hybridized carbons (Fsp3) is 0.625. The molecule has 1 heterocycles. The Hall–Kier alpha value is -1.17. The highest BCUT2D eigenvalue weighted by Crippen LogP contribution is 2.13. The third-order valence-corrected chi connectivity index (χ3v) is 2.42. The number of unbranched alkanes of at least 4 members (excludes halogenated alkanes) is 1. The average molecular weight is 215 g/mol. The number of aromatic nitrogens is 2. The molecule has 0 aliphatic rings. The van der Waals surface area contributed by atoms with Crippen LogP contribution >= 0.6 is 11.3 Å². The number of carboxylic acid groups (broad SMARTS) is 1. The lowest BCUT2D eigenvalue weighted by Gasteiger charge is -1.99. The van der Waals surface area contributed by atoms with Gasteiger partial charge in [-0.1, -0.05) is 11.3 Å². The second kappa shape index (κ2) is 5.54. The SMILES string of the molecule is Cc1nnc(NCCCCC(=O)O)s1. The molecule has 0 saturated carbocycles. The molecule has 0 spiro atoms. The number of aryl methyl sites for hydroxylation is 1. The van der Waals surface area contributed by atoms with Gasteiger partial charge in [0.05, 0.1) is 0 Å². The predicted molar refractivity (Wildman–Crippen MR) is 54.6 cm³/mol. The Balaban J connectivity index is 2.07. The normalized spacial score (nSPS) is 10.1. The smallest absolute Gasteiger partial charge is 0.303 e. The zero-order valence-electron chi connectivity index (χ0n) is 7.99. The number of nitrogens with one attached hydrogen (secondary N) is 1. The summed E-state index contributed by atoms with van der Waals surface area (Å²) < 4.78 is 0. The number of carbonyl (C=O) groups is 1. The summed E-state index contributed by atoms with van der Waals surface area (Å²) in [7, 11) is 0. The van der Waals surface area contributed by atoms with Crippen molar-refractivity contribution in [1.29, 1.82) is 0 Å². The summed E-state index contributed by atoms with van der Waals surface area (Å²) in [5, 5.41) is 21.0. The van der Waals surface area contributed by atoms with Crippen molar-refractivity contribution in [3.63, 3.8) is 0 Å². The van der Waals surface area contributed by atoms with Gasteiger partial charge < -0.3 is 10.4 Å². The molecule has 0 atom stereocenters. The van der Waals surface area contributed by atoms with Crippen LogP contribution in [0.15, 0.2) is 0 Å². The van der Waals surface area contributed by atoms with Crippen LogP contribution in [-0.2, 0) is 4.79 Å². The fourth-order valence-corrected chi connectivity index (χ4v) is 1.58. The molecule has 1 rings (SSSR count). The maximum absolute atomic E-state index is 10.2. The molecule has 6 heteroatoms. The Labute approximate surface area is 86.2 Å². The van der Waals surface area contributed by atoms with Gasteiger partial charge in [0.15, 0.2) is 0 Å². The van der Waals surface area contributed by atoms with Gasteiger partial charge in [-0.15, -0.1) is 10.2 Å². The van der Waals surface area contributed by atoms with Crippen LogP contribution < -0.4 is 5.32 Å². The number of rotatable bonds is 6. The highest BCUT2D eigenvalue weighted by atomic mass is 32.1. The maximum Gasteiger partial charge on any atom is 0.303 e. The Bertz CT molecular complexity index is 301. The third kappa shape index (κ3) is 4.18. The lowest BCUT2D eigenvalue weighted by atomic mass is 10.2. The van der Waals surface area contributed by atoms with Crippen LogP contribution in [0.4, 0.5) is 5.13 Å². The lowest BCUT2D eigenvalue weighted by Crippen LogP contribution is -2.02. The van der Waals surface area contributed by atoms with E-state index in [1.165, 1.54) is 11.3 Å². The molecule has 2 N–H and O–H groups in total. The van der Waals surface area contributed by atoms with Gasteiger partial charge in [0.25, 0.3) is 0 Å². The molecular formula is C8H13N3O2S. The molecule has 0 radical (unpaired) electrons. The van der Waals surface area contributed by atoms with Crippen LogP contribution in [0.1, 0.15) is 24.3 Å². The van der Waals surface area contributed by atoms with E-state index >= 15 is 0 Å². The first kappa shape index (κ1) is 10.9. The Morgan fingerprint density at radius 1 is 1.50 bits per heavy atom. The minimum absolute atomic E-state index is 0.233. The molecule has 1 aromatic rings. The van der Waals surface area contributed by atoms with Crippen LogP contribution in [0.5, 0.6) is 0 Å². The van der Waals surface area contributed by atoms with E-state index in [9.17, 15) is 4.79 Å². The van der Waals surface area contributed by atoms with Crippen molar-refractivity contribution in [2.24, 2.45) is 0 Å². The topological polar surface area (TPSA) is 75.1 Å². The first-order chi connectivity index (χ1) is 6.68. The Kier molecular flexibility index (Phi) is 4.31. The minimum atomic E-state index is -0.739. The monoisotopic (exact) mass is 215 g/mol. The molecule has 0 amide bonds. The second-order valence-corrected chi connectivity index (χ2v) is 4.09. The van der Waals surface area contributed by atoms with Gasteiger partial charge in [-0.2, -0.15) is 0 Å². The van der Waals surface area contributed by atoms with Crippen molar-refractivity contribution in [2.75, 3.05) is 11.9 Å². The van der Waals surface area contributed by atoms with Crippen molar-refractivity contribution in [2.45, 2.75) is 26.2 Å². The fourth-order valence-electron chi connectivity index (χ4n) is 0.965. The van der Waals surface area contributed by atoms with Gasteiger partial charge in [-0.05, 0) is 19.8 Å². The van der Waals surface area contributed by atoms with Crippen LogP contribution in [0.2, 0.25) is 0 Å². The molecule has 0 aliphatic heterocycles. The van der Waals surface area contributed by atoms with Crippen LogP contribution in [0, 0.1) is 6.92 Å². The molecule has 5 nitrogen and oxygen atoms in total. The van der Waals surface area contributed by atoms with E-state index in [-0.39, 0.29) is 6.42 Å². The Morgan fingerprint density at radius 2 is 2.29 bits per heavy atom. The van der Waals surface area contributed by atoms with E-state index in [1.807, 2.05) is 6.92 Å². The van der Waals surface area contributed by atoms with Gasteiger partial charge in [0, 0.05) is 13.0 Å². The zero-order chi connectivity index (χ0) is 10.4. The van der Waals surface area contributed by atoms with Gasteiger partial charge in [0.1, 0.15) is 5.01 Å². The molecule has 0 aliphatic carbocycles. The molecule has 0 fully saturated rings. The number of anilines is 1. The number of hydrogen-bond donors (Lipinski definition) is 2. The lowest BCUT2D eigenvalue weighted by molar-refractivity contribution is -0.137. The highest BCUT2D eigenvalue weighted by Gasteiger charge is 1.99. The van der Waals surface area contributed by atoms with Crippen molar-refractivity contribution < 1.29 is 9.90 Å². The van der Waals surface area contributed by atoms with Crippen LogP contribution in [0.25, 0.3) is 0 Å². The first-order valence-corrected chi connectivity index (χ1v) is 5.26. The van der Waals surface area contributed by atoms with Crippen molar-refractivity contribution >= 4 is 22.4 Å². The number of hydrogen-bond acceptors (Lipinski definition) is 5. The van der Waals surface area contributed by atoms with E-state index < -0.39 is 5.97 Å². The zero-order valence-corrected chi connectivity index (χ0v) is 8.80. The number of nitrogens with zero attached hydrogens (tertiary/aromatic N) is 2. The quantitative estimate of drug-likeness (QED) is 0.703. The summed E-state index contributed by atoms with van der Waals surface area (Å²) in [6.07, 6.45) is 1.77. The molecule has 1 aromatic heterocycles. The van der Waals surface area contributed by atoms with Gasteiger partial charge >= 0.3 is 5.97 Å². The standard InChI is InChI=1S/C8H13N3O2S/c1-6-10-11-8(14-6)9-5-3-2-4-7(12)13/h2-5H2,1H3,(H,9,11)(H,12,13). The molecule has 78 valence electrons. The highest BCUT2D eigenvalue weighted by molar-refractivity contribution is 7.15. The minimum Gasteiger partial charge on any atom is -0.481 e. The second-order valence-electron chi connectivity index (χ2n) is 2.90. The largest absolute Gasteiger partial charge is 0.481 e. The van der Waals surface area contributed by atoms with Crippen molar-refractivity contribution in [3.05, 3.63) is 5.01 Å². The number of aliphatic carboxylic acids is 1. The molecule has 0 aromatic carbocycles. The van der Waals surface area contributed by atoms with E-state index in [4.69, 9.17) is 5.11 Å². The van der Waals surface area contributed by atoms with Gasteiger partial charge in [-0.25, -0.2) is 0 Å². The van der Waals surface area contributed by atoms with E-state index in [2.05, 4.69) is 15.5 Å². The van der Waals surface area contributed by atoms with E-state index in [0.717, 1.165) is 23.1 Å². The van der Waals surface area contributed by atoms with Gasteiger partial charge in [0.2, 0.25) is 5.13 Å². The first-order valence-electron chi connectivity index (χ1n) is 4.44. The summed E-state index contributed by atoms with van der Waals surface area (Å²) in [5.41, 5.74) is 0. The summed E-state index contributed by atoms with van der Waals surface area (Å²) >= 11 is 1.50. The summed E-state index contributed by atoms with van der Waals surface area (Å²) in [5.74, 6) is -0.739. The molecule has 0 saturated heterocycles. The molecule has 0 unspecified atom stereocenters. The summed E-state index contributed by atoms with van der Waals surface area (Å²) in [4.78, 5) is 10.2. The predicted octanol–water partition coefficient (Wildman–Crippen LogP) is 1.51. The van der Waals surface area contributed by atoms with Crippen LogP contribution in [-0.4, -0.2) is 27.8 Å². The average Bonchev–Trinajstić information content (AvgIpc) is 2.50. The maximum atomic E-state index is 10.2. The van der Waals surface area contributed by atoms with Crippen molar-refractivity contribution in [1.82, 2.24) is 10.2 Å². The molecule has 14 heavy (non-hydrogen) atoms.